The third kappa shape index (κ3) is 5.00. The lowest BCUT2D eigenvalue weighted by Crippen LogP contribution is -2.54. The SMILES string of the molecule is CN1CCCCC1CNC(=O)N[C@H](C(=O)O)C(C)(C)C. The second-order valence-corrected chi connectivity index (χ2v) is 6.62. The van der Waals surface area contributed by atoms with E-state index in [1.165, 1.54) is 12.8 Å². The summed E-state index contributed by atoms with van der Waals surface area (Å²) in [5, 5.41) is 14.5. The minimum Gasteiger partial charge on any atom is -0.480 e. The molecule has 0 aliphatic carbocycles. The van der Waals surface area contributed by atoms with Crippen molar-refractivity contribution in [1.29, 1.82) is 0 Å². The molecule has 2 atom stereocenters. The standard InChI is InChI=1S/C14H27N3O3/c1-14(2,3)11(12(18)19)16-13(20)15-9-10-7-5-6-8-17(10)4/h10-11H,5-9H2,1-4H3,(H,18,19)(H2,15,16,20)/t10?,11-/m1/s1. The summed E-state index contributed by atoms with van der Waals surface area (Å²) in [6.45, 7) is 6.98. The highest BCUT2D eigenvalue weighted by molar-refractivity contribution is 5.83. The van der Waals surface area contributed by atoms with Crippen molar-refractivity contribution >= 4 is 12.0 Å². The van der Waals surface area contributed by atoms with Crippen molar-refractivity contribution in [2.24, 2.45) is 5.41 Å². The fourth-order valence-electron chi connectivity index (χ4n) is 2.44. The van der Waals surface area contributed by atoms with Gasteiger partial charge in [-0.3, -0.25) is 0 Å². The number of aliphatic carboxylic acids is 1. The predicted molar refractivity (Wildman–Crippen MR) is 77.7 cm³/mol. The van der Waals surface area contributed by atoms with E-state index in [1.54, 1.807) is 20.8 Å². The number of carboxylic acids is 1. The van der Waals surface area contributed by atoms with E-state index in [0.717, 1.165) is 13.0 Å². The third-order valence-electron chi connectivity index (χ3n) is 3.81. The van der Waals surface area contributed by atoms with E-state index in [-0.39, 0.29) is 0 Å². The second-order valence-electron chi connectivity index (χ2n) is 6.62. The Bertz CT molecular complexity index is 352. The lowest BCUT2D eigenvalue weighted by Gasteiger charge is -2.33. The molecular weight excluding hydrogens is 258 g/mol. The molecule has 0 radical (unpaired) electrons. The van der Waals surface area contributed by atoms with Gasteiger partial charge < -0.3 is 20.6 Å². The Morgan fingerprint density at radius 3 is 2.50 bits per heavy atom. The smallest absolute Gasteiger partial charge is 0.326 e. The van der Waals surface area contributed by atoms with Gasteiger partial charge in [0.25, 0.3) is 0 Å². The number of carboxylic acid groups (broad SMARTS) is 1. The van der Waals surface area contributed by atoms with Gasteiger partial charge in [-0.1, -0.05) is 27.2 Å². The van der Waals surface area contributed by atoms with E-state index in [4.69, 9.17) is 5.11 Å². The molecule has 2 amide bonds. The van der Waals surface area contributed by atoms with E-state index in [2.05, 4.69) is 22.6 Å². The quantitative estimate of drug-likeness (QED) is 0.726. The first-order valence-electron chi connectivity index (χ1n) is 7.19. The number of nitrogens with zero attached hydrogens (tertiary/aromatic N) is 1. The molecule has 6 heteroatoms. The van der Waals surface area contributed by atoms with Crippen LogP contribution < -0.4 is 10.6 Å². The Kier molecular flexibility index (Phi) is 5.80. The summed E-state index contributed by atoms with van der Waals surface area (Å²) in [6, 6.07) is -0.967. The van der Waals surface area contributed by atoms with Crippen molar-refractivity contribution < 1.29 is 14.7 Å². The maximum atomic E-state index is 11.8. The fourth-order valence-corrected chi connectivity index (χ4v) is 2.44. The first kappa shape index (κ1) is 16.8. The molecule has 6 nitrogen and oxygen atoms in total. The summed E-state index contributed by atoms with van der Waals surface area (Å²) in [7, 11) is 2.05. The highest BCUT2D eigenvalue weighted by Crippen LogP contribution is 2.19. The molecule has 0 spiro atoms. The topological polar surface area (TPSA) is 81.7 Å². The normalized spacial score (nSPS) is 22.1. The van der Waals surface area contributed by atoms with Crippen LogP contribution in [-0.4, -0.2) is 54.2 Å². The first-order valence-corrected chi connectivity index (χ1v) is 7.19. The minimum atomic E-state index is -1.01. The minimum absolute atomic E-state index is 0.340. The van der Waals surface area contributed by atoms with Crippen molar-refractivity contribution in [3.05, 3.63) is 0 Å². The molecule has 0 aromatic heterocycles. The number of likely N-dealkylation sites (N-methyl/N-ethyl adjacent to an activating group) is 1. The van der Waals surface area contributed by atoms with E-state index in [9.17, 15) is 9.59 Å². The van der Waals surface area contributed by atoms with Gasteiger partial charge in [-0.05, 0) is 31.8 Å². The number of rotatable bonds is 4. The maximum absolute atomic E-state index is 11.8. The molecule has 0 aromatic carbocycles. The van der Waals surface area contributed by atoms with E-state index >= 15 is 0 Å². The van der Waals surface area contributed by atoms with Crippen LogP contribution in [0.2, 0.25) is 0 Å². The van der Waals surface area contributed by atoms with Crippen LogP contribution in [0.5, 0.6) is 0 Å². The largest absolute Gasteiger partial charge is 0.480 e. The zero-order valence-electron chi connectivity index (χ0n) is 12.9. The lowest BCUT2D eigenvalue weighted by atomic mass is 9.87. The number of piperidine rings is 1. The summed E-state index contributed by atoms with van der Waals surface area (Å²) >= 11 is 0. The molecule has 1 unspecified atom stereocenters. The molecule has 0 aromatic rings. The van der Waals surface area contributed by atoms with E-state index < -0.39 is 23.5 Å². The average molecular weight is 285 g/mol. The van der Waals surface area contributed by atoms with Gasteiger partial charge in [0.05, 0.1) is 0 Å². The van der Waals surface area contributed by atoms with Gasteiger partial charge in [-0.25, -0.2) is 9.59 Å². The molecule has 20 heavy (non-hydrogen) atoms. The molecule has 1 saturated heterocycles. The van der Waals surface area contributed by atoms with Crippen LogP contribution in [0.15, 0.2) is 0 Å². The molecule has 1 aliphatic heterocycles. The Morgan fingerprint density at radius 2 is 2.00 bits per heavy atom. The number of urea groups is 1. The maximum Gasteiger partial charge on any atom is 0.326 e. The lowest BCUT2D eigenvalue weighted by molar-refractivity contribution is -0.141. The molecule has 0 bridgehead atoms. The zero-order chi connectivity index (χ0) is 15.3. The fraction of sp³-hybridized carbons (Fsp3) is 0.857. The number of nitrogens with one attached hydrogen (secondary N) is 2. The van der Waals surface area contributed by atoms with Crippen LogP contribution in [0.1, 0.15) is 40.0 Å². The van der Waals surface area contributed by atoms with Crippen LogP contribution in [0, 0.1) is 5.41 Å². The van der Waals surface area contributed by atoms with Crippen LogP contribution >= 0.6 is 0 Å². The van der Waals surface area contributed by atoms with Gasteiger partial charge in [0.2, 0.25) is 0 Å². The van der Waals surface area contributed by atoms with Gasteiger partial charge in [0.15, 0.2) is 0 Å². The molecular formula is C14H27N3O3. The van der Waals surface area contributed by atoms with Crippen LogP contribution in [0.3, 0.4) is 0 Å². The number of carbonyl (C=O) groups is 2. The van der Waals surface area contributed by atoms with Crippen molar-refractivity contribution in [2.45, 2.75) is 52.1 Å². The number of carbonyl (C=O) groups excluding carboxylic acids is 1. The molecule has 3 N–H and O–H groups in total. The summed E-state index contributed by atoms with van der Waals surface area (Å²) in [5.74, 6) is -1.01. The van der Waals surface area contributed by atoms with Crippen molar-refractivity contribution in [3.8, 4) is 0 Å². The Balaban J connectivity index is 2.44. The van der Waals surface area contributed by atoms with E-state index in [1.807, 2.05) is 0 Å². The van der Waals surface area contributed by atoms with Crippen LogP contribution in [-0.2, 0) is 4.79 Å². The first-order chi connectivity index (χ1) is 9.21. The molecule has 1 fully saturated rings. The number of hydrogen-bond donors (Lipinski definition) is 3. The zero-order valence-corrected chi connectivity index (χ0v) is 12.9. The van der Waals surface area contributed by atoms with Crippen molar-refractivity contribution in [1.82, 2.24) is 15.5 Å². The molecule has 1 heterocycles. The number of hydrogen-bond acceptors (Lipinski definition) is 3. The number of likely N-dealkylation sites (tertiary alicyclic amines) is 1. The highest BCUT2D eigenvalue weighted by atomic mass is 16.4. The Hall–Kier alpha value is -1.30. The van der Waals surface area contributed by atoms with Gasteiger partial charge in [-0.15, -0.1) is 0 Å². The van der Waals surface area contributed by atoms with Gasteiger partial charge in [-0.2, -0.15) is 0 Å². The Labute approximate surface area is 120 Å². The monoisotopic (exact) mass is 285 g/mol. The number of amides is 2. The summed E-state index contributed by atoms with van der Waals surface area (Å²) in [4.78, 5) is 25.3. The van der Waals surface area contributed by atoms with Crippen LogP contribution in [0.25, 0.3) is 0 Å². The summed E-state index contributed by atoms with van der Waals surface area (Å²) in [5.41, 5.74) is -0.523. The highest BCUT2D eigenvalue weighted by Gasteiger charge is 2.32. The molecule has 116 valence electrons. The summed E-state index contributed by atoms with van der Waals surface area (Å²) < 4.78 is 0. The van der Waals surface area contributed by atoms with Gasteiger partial charge in [0, 0.05) is 12.6 Å². The van der Waals surface area contributed by atoms with Gasteiger partial charge >= 0.3 is 12.0 Å². The van der Waals surface area contributed by atoms with Crippen molar-refractivity contribution in [3.63, 3.8) is 0 Å². The van der Waals surface area contributed by atoms with Gasteiger partial charge in [0.1, 0.15) is 6.04 Å². The van der Waals surface area contributed by atoms with Crippen molar-refractivity contribution in [2.75, 3.05) is 20.1 Å². The Morgan fingerprint density at radius 1 is 1.35 bits per heavy atom. The molecule has 0 saturated carbocycles. The van der Waals surface area contributed by atoms with Crippen LogP contribution in [0.4, 0.5) is 4.79 Å². The van der Waals surface area contributed by atoms with E-state index in [0.29, 0.717) is 12.6 Å². The molecule has 1 aliphatic rings. The average Bonchev–Trinajstić information content (AvgIpc) is 2.33. The molecule has 1 rings (SSSR count). The second kappa shape index (κ2) is 6.92. The predicted octanol–water partition coefficient (Wildman–Crippen LogP) is 1.27. The summed E-state index contributed by atoms with van der Waals surface area (Å²) in [6.07, 6.45) is 3.45. The third-order valence-corrected chi connectivity index (χ3v) is 3.81.